The van der Waals surface area contributed by atoms with E-state index in [0.717, 1.165) is 48.2 Å². The molecule has 11 heteroatoms. The first kappa shape index (κ1) is 31.0. The van der Waals surface area contributed by atoms with Crippen molar-refractivity contribution in [3.05, 3.63) is 57.6 Å². The number of rotatable bonds is 11. The van der Waals surface area contributed by atoms with E-state index in [1.54, 1.807) is 36.4 Å². The summed E-state index contributed by atoms with van der Waals surface area (Å²) in [5.41, 5.74) is 1.72. The van der Waals surface area contributed by atoms with E-state index in [0.29, 0.717) is 27.8 Å². The molecule has 0 unspecified atom stereocenters. The zero-order chi connectivity index (χ0) is 28.7. The lowest BCUT2D eigenvalue weighted by atomic mass is 9.95. The molecule has 0 aromatic heterocycles. The molecule has 1 aliphatic rings. The predicted molar refractivity (Wildman–Crippen MR) is 156 cm³/mol. The van der Waals surface area contributed by atoms with Gasteiger partial charge in [-0.2, -0.15) is 0 Å². The summed E-state index contributed by atoms with van der Waals surface area (Å²) in [5.74, 6) is -0.463. The minimum Gasteiger partial charge on any atom is -0.495 e. The maximum absolute atomic E-state index is 14.0. The minimum atomic E-state index is -3.89. The molecule has 0 aliphatic heterocycles. The van der Waals surface area contributed by atoms with E-state index in [-0.39, 0.29) is 24.2 Å². The summed E-state index contributed by atoms with van der Waals surface area (Å²) in [6, 6.07) is 9.37. The van der Waals surface area contributed by atoms with Crippen molar-refractivity contribution in [1.82, 2.24) is 10.2 Å². The average molecular weight is 599 g/mol. The molecule has 3 rings (SSSR count). The van der Waals surface area contributed by atoms with Crippen molar-refractivity contribution >= 4 is 50.7 Å². The van der Waals surface area contributed by atoms with Gasteiger partial charge in [0.05, 0.1) is 29.1 Å². The Kier molecular flexibility index (Phi) is 10.9. The summed E-state index contributed by atoms with van der Waals surface area (Å²) < 4.78 is 32.3. The highest BCUT2D eigenvalue weighted by molar-refractivity contribution is 7.92. The first-order valence-electron chi connectivity index (χ1n) is 13.1. The highest BCUT2D eigenvalue weighted by Gasteiger charge is 2.33. The summed E-state index contributed by atoms with van der Waals surface area (Å²) >= 11 is 12.3. The van der Waals surface area contributed by atoms with Gasteiger partial charge in [0.25, 0.3) is 0 Å². The zero-order valence-corrected chi connectivity index (χ0v) is 25.2. The Morgan fingerprint density at radius 3 is 2.36 bits per heavy atom. The summed E-state index contributed by atoms with van der Waals surface area (Å²) in [7, 11) is -2.45. The number of halogens is 2. The fourth-order valence-corrected chi connectivity index (χ4v) is 6.05. The van der Waals surface area contributed by atoms with Crippen LogP contribution in [0.4, 0.5) is 5.69 Å². The van der Waals surface area contributed by atoms with E-state index in [1.807, 2.05) is 13.8 Å². The molecular weight excluding hydrogens is 561 g/mol. The molecule has 1 N–H and O–H groups in total. The standard InChI is InChI=1S/C28H37Cl2N3O5S/c1-5-24(28(35)31-21-9-7-6-8-10-21)32(17-20-12-13-22(29)23(30)16-20)27(34)18-33(39(4,36)37)25-15-19(2)11-14-26(25)38-3/h11-16,21,24H,5-10,17-18H2,1-4H3,(H,31,35)/t24-/m0/s1. The van der Waals surface area contributed by atoms with Crippen LogP contribution in [0.2, 0.25) is 10.0 Å². The topological polar surface area (TPSA) is 96.0 Å². The number of nitrogens with one attached hydrogen (secondary N) is 1. The Morgan fingerprint density at radius 2 is 1.77 bits per heavy atom. The van der Waals surface area contributed by atoms with Crippen molar-refractivity contribution in [3.8, 4) is 5.75 Å². The summed E-state index contributed by atoms with van der Waals surface area (Å²) in [5, 5.41) is 3.81. The molecule has 0 spiro atoms. The SMILES string of the molecule is CC[C@@H](C(=O)NC1CCCCC1)N(Cc1ccc(Cl)c(Cl)c1)C(=O)CN(c1cc(C)ccc1OC)S(C)(=O)=O. The first-order chi connectivity index (χ1) is 18.4. The molecule has 0 heterocycles. The number of benzene rings is 2. The Hall–Kier alpha value is -2.49. The molecule has 39 heavy (non-hydrogen) atoms. The number of hydrogen-bond acceptors (Lipinski definition) is 5. The molecule has 0 bridgehead atoms. The van der Waals surface area contributed by atoms with Crippen molar-refractivity contribution in [1.29, 1.82) is 0 Å². The van der Waals surface area contributed by atoms with Gasteiger partial charge in [-0.1, -0.05) is 61.5 Å². The molecule has 2 amide bonds. The van der Waals surface area contributed by atoms with Crippen LogP contribution in [0, 0.1) is 6.92 Å². The molecule has 214 valence electrons. The first-order valence-corrected chi connectivity index (χ1v) is 15.7. The number of sulfonamides is 1. The van der Waals surface area contributed by atoms with Crippen LogP contribution in [0.3, 0.4) is 0 Å². The molecule has 1 aliphatic carbocycles. The van der Waals surface area contributed by atoms with Crippen LogP contribution in [-0.2, 0) is 26.2 Å². The fourth-order valence-electron chi connectivity index (χ4n) is 4.89. The van der Waals surface area contributed by atoms with E-state index in [9.17, 15) is 18.0 Å². The maximum atomic E-state index is 14.0. The second-order valence-electron chi connectivity index (χ2n) is 9.98. The highest BCUT2D eigenvalue weighted by Crippen LogP contribution is 2.31. The number of methoxy groups -OCH3 is 1. The number of aryl methyl sites for hydroxylation is 1. The molecule has 2 aromatic carbocycles. The molecule has 2 aromatic rings. The highest BCUT2D eigenvalue weighted by atomic mass is 35.5. The summed E-state index contributed by atoms with van der Waals surface area (Å²) in [6.45, 7) is 3.20. The number of anilines is 1. The van der Waals surface area contributed by atoms with Crippen LogP contribution in [0.5, 0.6) is 5.75 Å². The van der Waals surface area contributed by atoms with Crippen molar-refractivity contribution in [2.24, 2.45) is 0 Å². The number of amides is 2. The van der Waals surface area contributed by atoms with E-state index < -0.39 is 28.5 Å². The molecule has 1 saturated carbocycles. The van der Waals surface area contributed by atoms with Gasteiger partial charge in [-0.3, -0.25) is 13.9 Å². The molecular formula is C28H37Cl2N3O5S. The molecule has 1 atom stereocenters. The fraction of sp³-hybridized carbons (Fsp3) is 0.500. The third-order valence-electron chi connectivity index (χ3n) is 6.96. The Labute approximate surface area is 241 Å². The third kappa shape index (κ3) is 8.25. The van der Waals surface area contributed by atoms with Crippen LogP contribution in [0.15, 0.2) is 36.4 Å². The molecule has 0 saturated heterocycles. The predicted octanol–water partition coefficient (Wildman–Crippen LogP) is 5.33. The lowest BCUT2D eigenvalue weighted by molar-refractivity contribution is -0.140. The van der Waals surface area contributed by atoms with Crippen molar-refractivity contribution in [2.75, 3.05) is 24.2 Å². The number of ether oxygens (including phenoxy) is 1. The van der Waals surface area contributed by atoms with Crippen LogP contribution in [0.1, 0.15) is 56.6 Å². The van der Waals surface area contributed by atoms with Gasteiger partial charge in [-0.05, 0) is 61.6 Å². The molecule has 1 fully saturated rings. The Morgan fingerprint density at radius 1 is 1.08 bits per heavy atom. The maximum Gasteiger partial charge on any atom is 0.244 e. The zero-order valence-electron chi connectivity index (χ0n) is 22.9. The van der Waals surface area contributed by atoms with Crippen LogP contribution >= 0.6 is 23.2 Å². The average Bonchev–Trinajstić information content (AvgIpc) is 2.89. The van der Waals surface area contributed by atoms with E-state index >= 15 is 0 Å². The van der Waals surface area contributed by atoms with Gasteiger partial charge in [0, 0.05) is 12.6 Å². The Balaban J connectivity index is 1.98. The van der Waals surface area contributed by atoms with Gasteiger partial charge in [0.15, 0.2) is 0 Å². The number of carbonyl (C=O) groups excluding carboxylic acids is 2. The van der Waals surface area contributed by atoms with Gasteiger partial charge in [0.2, 0.25) is 21.8 Å². The van der Waals surface area contributed by atoms with Crippen molar-refractivity contribution in [3.63, 3.8) is 0 Å². The van der Waals surface area contributed by atoms with Crippen molar-refractivity contribution in [2.45, 2.75) is 71.0 Å². The number of carbonyl (C=O) groups is 2. The quantitative estimate of drug-likeness (QED) is 0.377. The summed E-state index contributed by atoms with van der Waals surface area (Å²) in [6.07, 6.45) is 6.44. The van der Waals surface area contributed by atoms with Crippen LogP contribution in [-0.4, -0.2) is 57.1 Å². The third-order valence-corrected chi connectivity index (χ3v) is 8.82. The largest absolute Gasteiger partial charge is 0.495 e. The van der Waals surface area contributed by atoms with Gasteiger partial charge < -0.3 is 15.0 Å². The second kappa shape index (κ2) is 13.7. The van der Waals surface area contributed by atoms with E-state index in [1.165, 1.54) is 12.0 Å². The van der Waals surface area contributed by atoms with Crippen molar-refractivity contribution < 1.29 is 22.7 Å². The van der Waals surface area contributed by atoms with E-state index in [2.05, 4.69) is 5.32 Å². The lowest BCUT2D eigenvalue weighted by Crippen LogP contribution is -2.54. The van der Waals surface area contributed by atoms with E-state index in [4.69, 9.17) is 27.9 Å². The minimum absolute atomic E-state index is 0.0505. The monoisotopic (exact) mass is 597 g/mol. The lowest BCUT2D eigenvalue weighted by Gasteiger charge is -2.34. The smallest absolute Gasteiger partial charge is 0.244 e. The Bertz CT molecular complexity index is 1280. The molecule has 8 nitrogen and oxygen atoms in total. The summed E-state index contributed by atoms with van der Waals surface area (Å²) in [4.78, 5) is 28.9. The van der Waals surface area contributed by atoms with Gasteiger partial charge >= 0.3 is 0 Å². The number of hydrogen-bond donors (Lipinski definition) is 1. The van der Waals surface area contributed by atoms with Gasteiger partial charge in [0.1, 0.15) is 18.3 Å². The normalized spacial score (nSPS) is 14.9. The van der Waals surface area contributed by atoms with Crippen LogP contribution < -0.4 is 14.4 Å². The second-order valence-corrected chi connectivity index (χ2v) is 12.7. The van der Waals surface area contributed by atoms with Crippen LogP contribution in [0.25, 0.3) is 0 Å². The molecule has 0 radical (unpaired) electrons. The van der Waals surface area contributed by atoms with Gasteiger partial charge in [-0.25, -0.2) is 8.42 Å². The van der Waals surface area contributed by atoms with Gasteiger partial charge in [-0.15, -0.1) is 0 Å². The number of nitrogens with zero attached hydrogens (tertiary/aromatic N) is 2.